The molecule has 1 unspecified atom stereocenters. The number of aldehydes is 1. The number of nitrogens with zero attached hydrogens (tertiary/aromatic N) is 2. The van der Waals surface area contributed by atoms with Crippen molar-refractivity contribution in [3.05, 3.63) is 65.2 Å². The monoisotopic (exact) mass is 306 g/mol. The number of carbonyl (C=O) groups is 1. The van der Waals surface area contributed by atoms with Gasteiger partial charge in [0.25, 0.3) is 0 Å². The van der Waals surface area contributed by atoms with E-state index in [0.717, 1.165) is 17.7 Å². The average Bonchev–Trinajstić information content (AvgIpc) is 2.54. The molecular weight excluding hydrogens is 284 g/mol. The van der Waals surface area contributed by atoms with Gasteiger partial charge in [0, 0.05) is 17.3 Å². The average molecular weight is 306 g/mol. The molecule has 3 rings (SSSR count). The van der Waals surface area contributed by atoms with Crippen LogP contribution < -0.4 is 4.90 Å². The van der Waals surface area contributed by atoms with Crippen molar-refractivity contribution in [2.45, 2.75) is 39.3 Å². The molecule has 0 saturated carbocycles. The summed E-state index contributed by atoms with van der Waals surface area (Å²) < 4.78 is 0. The first-order valence-corrected chi connectivity index (χ1v) is 8.07. The van der Waals surface area contributed by atoms with Gasteiger partial charge in [0.2, 0.25) is 0 Å². The lowest BCUT2D eigenvalue weighted by Crippen LogP contribution is -2.40. The number of hydrogen-bond acceptors (Lipinski definition) is 3. The Morgan fingerprint density at radius 3 is 2.57 bits per heavy atom. The van der Waals surface area contributed by atoms with Gasteiger partial charge in [-0.3, -0.25) is 4.99 Å². The van der Waals surface area contributed by atoms with Gasteiger partial charge >= 0.3 is 0 Å². The number of aliphatic imine (C=N–C) groups is 1. The SMILES string of the molecule is Cc1ccc2c(c1)N(C(C)C)C(CC=O)=NC2c1ccccc1. The number of aryl methyl sites for hydroxylation is 1. The second-order valence-corrected chi connectivity index (χ2v) is 6.26. The van der Waals surface area contributed by atoms with E-state index in [-0.39, 0.29) is 12.1 Å². The molecule has 0 N–H and O–H groups in total. The van der Waals surface area contributed by atoms with Gasteiger partial charge in [-0.05, 0) is 38.0 Å². The summed E-state index contributed by atoms with van der Waals surface area (Å²) in [6.45, 7) is 6.37. The van der Waals surface area contributed by atoms with Crippen molar-refractivity contribution in [2.75, 3.05) is 4.90 Å². The molecule has 0 fully saturated rings. The molecule has 2 aromatic carbocycles. The normalized spacial score (nSPS) is 17.0. The van der Waals surface area contributed by atoms with E-state index in [1.165, 1.54) is 16.8 Å². The number of amidine groups is 1. The molecule has 0 amide bonds. The number of carbonyl (C=O) groups excluding carboxylic acids is 1. The largest absolute Gasteiger partial charge is 0.327 e. The van der Waals surface area contributed by atoms with E-state index < -0.39 is 0 Å². The smallest absolute Gasteiger partial charge is 0.127 e. The van der Waals surface area contributed by atoms with Crippen LogP contribution in [0.1, 0.15) is 43.0 Å². The van der Waals surface area contributed by atoms with Crippen molar-refractivity contribution in [2.24, 2.45) is 4.99 Å². The van der Waals surface area contributed by atoms with E-state index >= 15 is 0 Å². The zero-order chi connectivity index (χ0) is 16.4. The van der Waals surface area contributed by atoms with Crippen LogP contribution in [0.15, 0.2) is 53.5 Å². The Morgan fingerprint density at radius 2 is 1.91 bits per heavy atom. The van der Waals surface area contributed by atoms with Crippen LogP contribution in [-0.4, -0.2) is 18.2 Å². The summed E-state index contributed by atoms with van der Waals surface area (Å²) in [5.41, 5.74) is 4.74. The number of benzene rings is 2. The molecule has 2 aromatic rings. The first-order chi connectivity index (χ1) is 11.1. The standard InChI is InChI=1S/C20H22N2O/c1-14(2)22-18-13-15(3)9-10-17(18)20(21-19(22)11-12-23)16-7-5-4-6-8-16/h4-10,12-14,20H,11H2,1-3H3. The highest BCUT2D eigenvalue weighted by molar-refractivity contribution is 6.06. The Morgan fingerprint density at radius 1 is 1.17 bits per heavy atom. The molecule has 0 saturated heterocycles. The molecule has 0 radical (unpaired) electrons. The predicted octanol–water partition coefficient (Wildman–Crippen LogP) is 4.30. The van der Waals surface area contributed by atoms with Gasteiger partial charge in [-0.25, -0.2) is 0 Å². The third-order valence-corrected chi connectivity index (χ3v) is 4.19. The molecule has 23 heavy (non-hydrogen) atoms. The van der Waals surface area contributed by atoms with Crippen molar-refractivity contribution in [3.63, 3.8) is 0 Å². The molecule has 3 nitrogen and oxygen atoms in total. The Hall–Kier alpha value is -2.42. The first kappa shape index (κ1) is 15.5. The van der Waals surface area contributed by atoms with Gasteiger partial charge in [0.15, 0.2) is 0 Å². The lowest BCUT2D eigenvalue weighted by atomic mass is 9.93. The van der Waals surface area contributed by atoms with Crippen LogP contribution in [0.5, 0.6) is 0 Å². The van der Waals surface area contributed by atoms with Gasteiger partial charge in [-0.15, -0.1) is 0 Å². The van der Waals surface area contributed by atoms with Crippen LogP contribution in [0.2, 0.25) is 0 Å². The molecule has 1 heterocycles. The Labute approximate surface area is 137 Å². The highest BCUT2D eigenvalue weighted by Gasteiger charge is 2.29. The topological polar surface area (TPSA) is 32.7 Å². The maximum atomic E-state index is 11.2. The van der Waals surface area contributed by atoms with Gasteiger partial charge in [0.05, 0.1) is 6.42 Å². The van der Waals surface area contributed by atoms with Crippen molar-refractivity contribution in [3.8, 4) is 0 Å². The maximum absolute atomic E-state index is 11.2. The van der Waals surface area contributed by atoms with Gasteiger partial charge < -0.3 is 9.69 Å². The van der Waals surface area contributed by atoms with Crippen LogP contribution in [-0.2, 0) is 4.79 Å². The second-order valence-electron chi connectivity index (χ2n) is 6.26. The highest BCUT2D eigenvalue weighted by atomic mass is 16.1. The highest BCUT2D eigenvalue weighted by Crippen LogP contribution is 2.39. The minimum absolute atomic E-state index is 0.0447. The maximum Gasteiger partial charge on any atom is 0.127 e. The zero-order valence-corrected chi connectivity index (χ0v) is 13.9. The van der Waals surface area contributed by atoms with E-state index in [9.17, 15) is 4.79 Å². The molecule has 1 aliphatic rings. The molecule has 3 heteroatoms. The van der Waals surface area contributed by atoms with Gasteiger partial charge in [0.1, 0.15) is 18.2 Å². The van der Waals surface area contributed by atoms with Crippen LogP contribution in [0.25, 0.3) is 0 Å². The Kier molecular flexibility index (Phi) is 4.28. The van der Waals surface area contributed by atoms with Crippen molar-refractivity contribution in [1.29, 1.82) is 0 Å². The summed E-state index contributed by atoms with van der Waals surface area (Å²) in [6.07, 6.45) is 1.28. The first-order valence-electron chi connectivity index (χ1n) is 8.07. The quantitative estimate of drug-likeness (QED) is 0.789. The second kappa shape index (κ2) is 6.37. The molecule has 0 bridgehead atoms. The molecule has 1 aliphatic heterocycles. The van der Waals surface area contributed by atoms with Crippen molar-refractivity contribution >= 4 is 17.8 Å². The summed E-state index contributed by atoms with van der Waals surface area (Å²) in [7, 11) is 0. The van der Waals surface area contributed by atoms with E-state index in [4.69, 9.17) is 4.99 Å². The van der Waals surface area contributed by atoms with E-state index in [2.05, 4.69) is 56.0 Å². The van der Waals surface area contributed by atoms with Crippen molar-refractivity contribution in [1.82, 2.24) is 0 Å². The lowest BCUT2D eigenvalue weighted by molar-refractivity contribution is -0.106. The summed E-state index contributed by atoms with van der Waals surface area (Å²) in [6, 6.07) is 17.0. The summed E-state index contributed by atoms with van der Waals surface area (Å²) in [5.74, 6) is 0.849. The summed E-state index contributed by atoms with van der Waals surface area (Å²) in [5, 5.41) is 0. The predicted molar refractivity (Wildman–Crippen MR) is 95.2 cm³/mol. The molecule has 1 atom stereocenters. The fraction of sp³-hybridized carbons (Fsp3) is 0.300. The van der Waals surface area contributed by atoms with E-state index in [1.807, 2.05) is 18.2 Å². The molecule has 0 spiro atoms. The third-order valence-electron chi connectivity index (χ3n) is 4.19. The fourth-order valence-corrected chi connectivity index (χ4v) is 3.20. The van der Waals surface area contributed by atoms with Crippen LogP contribution in [0, 0.1) is 6.92 Å². The minimum atomic E-state index is -0.0447. The molecule has 0 aromatic heterocycles. The zero-order valence-electron chi connectivity index (χ0n) is 13.9. The number of rotatable bonds is 4. The van der Waals surface area contributed by atoms with E-state index in [0.29, 0.717) is 6.42 Å². The fourth-order valence-electron chi connectivity index (χ4n) is 3.20. The van der Waals surface area contributed by atoms with Crippen LogP contribution in [0.3, 0.4) is 0 Å². The van der Waals surface area contributed by atoms with E-state index in [1.54, 1.807) is 0 Å². The third kappa shape index (κ3) is 2.91. The molecule has 118 valence electrons. The van der Waals surface area contributed by atoms with Crippen LogP contribution in [0.4, 0.5) is 5.69 Å². The van der Waals surface area contributed by atoms with Crippen LogP contribution >= 0.6 is 0 Å². The molecule has 0 aliphatic carbocycles. The lowest BCUT2D eigenvalue weighted by Gasteiger charge is -2.37. The molecular formula is C20H22N2O. The van der Waals surface area contributed by atoms with Crippen molar-refractivity contribution < 1.29 is 4.79 Å². The van der Waals surface area contributed by atoms with Gasteiger partial charge in [-0.2, -0.15) is 0 Å². The van der Waals surface area contributed by atoms with Gasteiger partial charge in [-0.1, -0.05) is 42.5 Å². The number of anilines is 1. The Balaban J connectivity index is 2.19. The Bertz CT molecular complexity index is 735. The minimum Gasteiger partial charge on any atom is -0.327 e. The number of hydrogen-bond donors (Lipinski definition) is 0. The summed E-state index contributed by atoms with van der Waals surface area (Å²) >= 11 is 0. The number of fused-ring (bicyclic) bond motifs is 1. The summed E-state index contributed by atoms with van der Waals surface area (Å²) in [4.78, 5) is 18.3.